The van der Waals surface area contributed by atoms with Crippen LogP contribution >= 0.6 is 22.7 Å². The van der Waals surface area contributed by atoms with Gasteiger partial charge in [0.05, 0.1) is 19.2 Å². The van der Waals surface area contributed by atoms with E-state index in [0.717, 1.165) is 4.88 Å². The molecule has 2 fully saturated rings. The van der Waals surface area contributed by atoms with Crippen molar-refractivity contribution in [3.05, 3.63) is 80.7 Å². The lowest BCUT2D eigenvalue weighted by atomic mass is 10.0. The Labute approximate surface area is 600 Å². The molecule has 3 aromatic rings. The van der Waals surface area contributed by atoms with Gasteiger partial charge in [0, 0.05) is 55.2 Å². The Balaban J connectivity index is 0.00000304. The summed E-state index contributed by atoms with van der Waals surface area (Å²) in [6, 6.07) is 3.50. The molecule has 10 atom stereocenters. The third kappa shape index (κ3) is 31.0. The number of aldehydes is 1. The Bertz CT molecular complexity index is 3280. The molecular weight excluding hydrogens is 1400 g/mol. The molecule has 2 aliphatic rings. The van der Waals surface area contributed by atoms with Gasteiger partial charge in [-0.25, -0.2) is 20.4 Å². The first-order valence-electron chi connectivity index (χ1n) is 33.5. The van der Waals surface area contributed by atoms with E-state index >= 15 is 0 Å². The molecule has 2 aromatic heterocycles. The van der Waals surface area contributed by atoms with Gasteiger partial charge in [-0.05, 0) is 131 Å². The number of likely N-dealkylation sites (tertiary alicyclic amines) is 2. The van der Waals surface area contributed by atoms with Crippen molar-refractivity contribution in [2.75, 3.05) is 52.4 Å². The number of halogens is 3. The average molecular weight is 1490 g/mol. The zero-order valence-electron chi connectivity index (χ0n) is 56.8. The molecule has 34 nitrogen and oxygen atoms in total. The number of carbonyl (C=O) groups is 12. The second kappa shape index (κ2) is 45.5. The van der Waals surface area contributed by atoms with E-state index in [1.165, 1.54) is 32.5 Å². The van der Waals surface area contributed by atoms with Gasteiger partial charge < -0.3 is 102 Å². The molecule has 1 aromatic carbocycles. The molecule has 0 saturated carbocycles. The van der Waals surface area contributed by atoms with Gasteiger partial charge in [0.2, 0.25) is 53.2 Å². The lowest BCUT2D eigenvalue weighted by molar-refractivity contribution is -0.192. The van der Waals surface area contributed by atoms with Crippen LogP contribution in [0.3, 0.4) is 0 Å². The summed E-state index contributed by atoms with van der Waals surface area (Å²) >= 11 is 2.63. The minimum absolute atomic E-state index is 0.0285. The molecule has 39 heteroatoms. The van der Waals surface area contributed by atoms with Crippen molar-refractivity contribution in [2.24, 2.45) is 44.4 Å². The summed E-state index contributed by atoms with van der Waals surface area (Å²) in [5, 5.41) is 49.9. The van der Waals surface area contributed by atoms with E-state index in [1.54, 1.807) is 65.4 Å². The van der Waals surface area contributed by atoms with Gasteiger partial charge in [-0.15, -0.1) is 22.7 Å². The number of hydrazine groups is 1. The number of nitrogens with zero attached hydrogens (tertiary/aromatic N) is 4. The molecule has 0 aliphatic carbocycles. The van der Waals surface area contributed by atoms with E-state index in [1.807, 2.05) is 0 Å². The molecule has 24 N–H and O–H groups in total. The smallest absolute Gasteiger partial charge is 0.480 e. The van der Waals surface area contributed by atoms with Crippen molar-refractivity contribution >= 4 is 106 Å². The molecule has 103 heavy (non-hydrogen) atoms. The van der Waals surface area contributed by atoms with Crippen LogP contribution in [0.2, 0.25) is 0 Å². The highest BCUT2D eigenvalue weighted by Crippen LogP contribution is 2.26. The number of hydrogen-bond acceptors (Lipinski definition) is 21. The van der Waals surface area contributed by atoms with Crippen LogP contribution in [0, 0.1) is 0 Å². The summed E-state index contributed by atoms with van der Waals surface area (Å²) in [7, 11) is 0. The standard InChI is InChI=1S/C62H95N19O13S2.C2HF3O2/c63-24-6-4-16-39(36-82)72-52(85)42(19-5-7-25-64)73-53(86)43(20-8-26-69-61(65)66)74-58(91)49-22-10-29-81(49)59(92)50-23-11-28-80(50)51(84)35-71-79-47(34-41-18-13-31-96-41)56(89)78-48(37-83)57(90)76-45(32-38-14-2-1-3-15-38)54(87)77-46(33-40-17-12-30-95-40)55(88)75-44(60(93)94)21-9-27-70-62(67)68;3-2(4,5)1(6)7/h1-3,12-15,17-18,30-31,36,39,42-50,71,79,83H,4-11,16,19-29,32-35,37,63-64H2,(H,72,85)(H,73,86)(H,74,91)(H,75,88)(H,76,90)(H,77,87)(H,78,89)(H,93,94)(H4,65,66,69)(H4,67,68,70);(H,6,7)/t39-,42-,43-,44-,45+,46-,47-,48-,49-,50-;/m0./s1. The van der Waals surface area contributed by atoms with Gasteiger partial charge in [0.1, 0.15) is 60.7 Å². The highest BCUT2D eigenvalue weighted by Gasteiger charge is 2.44. The quantitative estimate of drug-likeness (QED) is 0.00879. The fourth-order valence-electron chi connectivity index (χ4n) is 11.0. The fraction of sp³-hybridized carbons (Fsp3) is 0.562. The number of hydrogen-bond donors (Lipinski definition) is 18. The number of nitrogens with two attached hydrogens (primary N) is 6. The summed E-state index contributed by atoms with van der Waals surface area (Å²) in [6.45, 7) is -0.0482. The Morgan fingerprint density at radius 2 is 1.01 bits per heavy atom. The first kappa shape index (κ1) is 86.0. The maximum absolute atomic E-state index is 14.5. The largest absolute Gasteiger partial charge is 0.490 e. The summed E-state index contributed by atoms with van der Waals surface area (Å²) in [4.78, 5) is 172. The number of nitrogens with one attached hydrogen (secondary N) is 9. The van der Waals surface area contributed by atoms with Gasteiger partial charge in [-0.3, -0.25) is 53.1 Å². The van der Waals surface area contributed by atoms with E-state index in [4.69, 9.17) is 44.3 Å². The van der Waals surface area contributed by atoms with Crippen LogP contribution in [-0.2, 0) is 76.8 Å². The molecule has 0 bridgehead atoms. The van der Waals surface area contributed by atoms with Crippen LogP contribution in [0.1, 0.15) is 105 Å². The van der Waals surface area contributed by atoms with Crippen molar-refractivity contribution in [1.29, 1.82) is 0 Å². The number of thiophene rings is 2. The van der Waals surface area contributed by atoms with Crippen LogP contribution in [0.25, 0.3) is 0 Å². The van der Waals surface area contributed by atoms with Crippen LogP contribution < -0.4 is 82.5 Å². The normalized spacial score (nSPS) is 16.4. The number of benzene rings is 1. The van der Waals surface area contributed by atoms with Gasteiger partial charge in [0.15, 0.2) is 11.9 Å². The second-order valence-corrected chi connectivity index (χ2v) is 26.2. The predicted molar refractivity (Wildman–Crippen MR) is 374 cm³/mol. The van der Waals surface area contributed by atoms with Crippen LogP contribution in [0.5, 0.6) is 0 Å². The fourth-order valence-corrected chi connectivity index (χ4v) is 12.5. The number of rotatable bonds is 44. The van der Waals surface area contributed by atoms with E-state index in [9.17, 15) is 76.1 Å². The third-order valence-electron chi connectivity index (χ3n) is 16.3. The monoisotopic (exact) mass is 1490 g/mol. The molecule has 0 unspecified atom stereocenters. The zero-order valence-corrected chi connectivity index (χ0v) is 58.5. The summed E-state index contributed by atoms with van der Waals surface area (Å²) < 4.78 is 31.7. The van der Waals surface area contributed by atoms with Gasteiger partial charge in [-0.2, -0.15) is 13.2 Å². The molecule has 4 heterocycles. The van der Waals surface area contributed by atoms with Crippen LogP contribution in [-0.4, -0.2) is 227 Å². The SMILES string of the molecule is NCCCC[C@@H](C=O)NC(=O)[C@H](CCCCN)NC(=O)[C@H](CCCN=C(N)N)NC(=O)[C@@H]1CCCN1C(=O)[C@@H]1CCCN1C(=O)CNN[C@@H](Cc1cccs1)C(=O)N[C@@H](CO)C(=O)N[C@H](Cc1ccccc1)C(=O)N[C@@H](Cc1cccs1)C(=O)N[C@@H](CCCN=C(N)N)C(=O)O.O=C(O)C(F)(F)F. The molecule has 9 amide bonds. The van der Waals surface area contributed by atoms with E-state index in [2.05, 4.69) is 58.1 Å². The average Bonchev–Trinajstić information content (AvgIpc) is 1.68. The summed E-state index contributed by atoms with van der Waals surface area (Å²) in [5.74, 6) is -10.8. The Morgan fingerprint density at radius 1 is 0.553 bits per heavy atom. The number of carboxylic acid groups (broad SMARTS) is 2. The Kier molecular flexibility index (Phi) is 38.0. The molecule has 5 rings (SSSR count). The van der Waals surface area contributed by atoms with Gasteiger partial charge in [0.25, 0.3) is 0 Å². The van der Waals surface area contributed by atoms with E-state index < -0.39 is 145 Å². The number of carbonyl (C=O) groups excluding carboxylic acids is 10. The molecule has 570 valence electrons. The number of carboxylic acids is 2. The summed E-state index contributed by atoms with van der Waals surface area (Å²) in [6.07, 6.45) is -0.00456. The number of aliphatic carboxylic acids is 2. The number of aliphatic hydroxyl groups excluding tert-OH is 1. The zero-order chi connectivity index (χ0) is 76.0. The Hall–Kier alpha value is -9.41. The molecule has 2 aliphatic heterocycles. The number of unbranched alkanes of at least 4 members (excludes halogenated alkanes) is 2. The van der Waals surface area contributed by atoms with Crippen molar-refractivity contribution in [3.63, 3.8) is 0 Å². The van der Waals surface area contributed by atoms with Crippen LogP contribution in [0.15, 0.2) is 75.3 Å². The lowest BCUT2D eigenvalue weighted by Gasteiger charge is -2.32. The maximum Gasteiger partial charge on any atom is 0.490 e. The molecular formula is C64H96F3N19O15S2. The van der Waals surface area contributed by atoms with Crippen LogP contribution in [0.4, 0.5) is 13.2 Å². The van der Waals surface area contributed by atoms with E-state index in [0.29, 0.717) is 74.8 Å². The minimum atomic E-state index is -5.08. The van der Waals surface area contributed by atoms with Crippen molar-refractivity contribution < 1.29 is 86.0 Å². The minimum Gasteiger partial charge on any atom is -0.480 e. The Morgan fingerprint density at radius 3 is 1.53 bits per heavy atom. The molecule has 0 radical (unpaired) electrons. The highest BCUT2D eigenvalue weighted by molar-refractivity contribution is 7.10. The molecule has 0 spiro atoms. The van der Waals surface area contributed by atoms with Crippen molar-refractivity contribution in [1.82, 2.24) is 57.9 Å². The first-order valence-corrected chi connectivity index (χ1v) is 35.3. The van der Waals surface area contributed by atoms with Gasteiger partial charge in [-0.1, -0.05) is 42.5 Å². The van der Waals surface area contributed by atoms with Crippen molar-refractivity contribution in [3.8, 4) is 0 Å². The maximum atomic E-state index is 14.5. The van der Waals surface area contributed by atoms with Crippen molar-refractivity contribution in [2.45, 2.75) is 176 Å². The van der Waals surface area contributed by atoms with E-state index in [-0.39, 0.29) is 102 Å². The number of alkyl halides is 3. The lowest BCUT2D eigenvalue weighted by Crippen LogP contribution is -2.61. The number of aliphatic hydroxyl groups is 1. The number of aliphatic imine (C=N–C) groups is 2. The first-order chi connectivity index (χ1) is 49.1. The third-order valence-corrected chi connectivity index (χ3v) is 18.1. The highest BCUT2D eigenvalue weighted by atomic mass is 32.1. The molecule has 2 saturated heterocycles. The number of amides is 9. The topological polar surface area (TPSA) is 561 Å². The summed E-state index contributed by atoms with van der Waals surface area (Å²) in [5.41, 5.74) is 39.5. The second-order valence-electron chi connectivity index (χ2n) is 24.2. The predicted octanol–water partition coefficient (Wildman–Crippen LogP) is -3.05. The van der Waals surface area contributed by atoms with Gasteiger partial charge >= 0.3 is 18.1 Å². The number of guanidine groups is 2.